The van der Waals surface area contributed by atoms with Crippen LogP contribution < -0.4 is 0 Å². The van der Waals surface area contributed by atoms with Gasteiger partial charge in [0.05, 0.1) is 5.41 Å². The highest BCUT2D eigenvalue weighted by Gasteiger charge is 2.51. The lowest BCUT2D eigenvalue weighted by molar-refractivity contribution is 0.453. The first-order valence-electron chi connectivity index (χ1n) is 13.4. The van der Waals surface area contributed by atoms with Gasteiger partial charge in [0.1, 0.15) is 16.9 Å². The molecule has 2 unspecified atom stereocenters. The average molecular weight is 501 g/mol. The third-order valence-corrected chi connectivity index (χ3v) is 8.50. The van der Waals surface area contributed by atoms with Crippen LogP contribution in [0.3, 0.4) is 0 Å². The number of hydrogen-bond donors (Lipinski definition) is 1. The maximum atomic E-state index is 11.5. The summed E-state index contributed by atoms with van der Waals surface area (Å²) in [7, 11) is 0. The van der Waals surface area contributed by atoms with Crippen LogP contribution in [-0.2, 0) is 5.41 Å². The minimum absolute atomic E-state index is 0.118. The number of rotatable bonds is 3. The molecule has 2 aliphatic carbocycles. The van der Waals surface area contributed by atoms with E-state index in [0.717, 1.165) is 61.7 Å². The summed E-state index contributed by atoms with van der Waals surface area (Å²) in [5, 5.41) is 13.7. The van der Waals surface area contributed by atoms with Crippen molar-refractivity contribution in [1.29, 1.82) is 0 Å². The number of phenolic OH excluding ortho intramolecular Hbond substituents is 1. The molecule has 0 aliphatic heterocycles. The molecule has 0 saturated heterocycles. The second kappa shape index (κ2) is 8.25. The lowest BCUT2D eigenvalue weighted by Crippen LogP contribution is -2.36. The van der Waals surface area contributed by atoms with Gasteiger partial charge in [-0.25, -0.2) is 0 Å². The Balaban J connectivity index is 1.55. The fourth-order valence-electron chi connectivity index (χ4n) is 6.99. The van der Waals surface area contributed by atoms with Gasteiger partial charge in [0, 0.05) is 27.5 Å². The molecule has 1 heterocycles. The van der Waals surface area contributed by atoms with Crippen molar-refractivity contribution in [1.82, 2.24) is 0 Å². The van der Waals surface area contributed by atoms with Crippen molar-refractivity contribution >= 4 is 21.9 Å². The quantitative estimate of drug-likeness (QED) is 0.263. The number of para-hydroxylation sites is 2. The smallest absolute Gasteiger partial charge is 0.143 e. The average Bonchev–Trinajstić information content (AvgIpc) is 3.54. The van der Waals surface area contributed by atoms with Crippen LogP contribution in [0.25, 0.3) is 44.2 Å². The number of fused-ring (bicyclic) bond motifs is 6. The SMILES string of the molecule is Oc1ccc(-c2cccc3c2oc2ccccc23)c2c1-c1ccccc1C2(c1c#cccc1)C1C=CC=CC1. The molecule has 2 heteroatoms. The molecule has 2 atom stereocenters. The van der Waals surface area contributed by atoms with E-state index in [2.05, 4.69) is 103 Å². The van der Waals surface area contributed by atoms with Gasteiger partial charge in [0.15, 0.2) is 0 Å². The number of furan rings is 1. The van der Waals surface area contributed by atoms with Crippen LogP contribution in [0.5, 0.6) is 5.75 Å². The van der Waals surface area contributed by atoms with Crippen LogP contribution in [0, 0.1) is 18.1 Å². The molecule has 6 aromatic rings. The highest BCUT2D eigenvalue weighted by atomic mass is 16.3. The molecule has 0 fully saturated rings. The van der Waals surface area contributed by atoms with E-state index in [1.54, 1.807) is 0 Å². The summed E-state index contributed by atoms with van der Waals surface area (Å²) in [5.41, 5.74) is 8.50. The van der Waals surface area contributed by atoms with Crippen LogP contribution in [-0.4, -0.2) is 5.11 Å². The molecule has 2 nitrogen and oxygen atoms in total. The Morgan fingerprint density at radius 1 is 0.769 bits per heavy atom. The van der Waals surface area contributed by atoms with E-state index in [1.807, 2.05) is 30.3 Å². The molecule has 1 aromatic heterocycles. The first-order chi connectivity index (χ1) is 19.3. The van der Waals surface area contributed by atoms with E-state index in [4.69, 9.17) is 4.42 Å². The Bertz CT molecular complexity index is 1960. The lowest BCUT2D eigenvalue weighted by Gasteiger charge is -2.39. The third kappa shape index (κ3) is 2.93. The zero-order valence-corrected chi connectivity index (χ0v) is 21.2. The Morgan fingerprint density at radius 2 is 1.62 bits per heavy atom. The monoisotopic (exact) mass is 500 g/mol. The third-order valence-electron chi connectivity index (χ3n) is 8.50. The van der Waals surface area contributed by atoms with Gasteiger partial charge in [0.25, 0.3) is 0 Å². The summed E-state index contributed by atoms with van der Waals surface area (Å²) < 4.78 is 6.52. The Morgan fingerprint density at radius 3 is 2.49 bits per heavy atom. The van der Waals surface area contributed by atoms with Crippen molar-refractivity contribution < 1.29 is 9.52 Å². The largest absolute Gasteiger partial charge is 0.507 e. The van der Waals surface area contributed by atoms with Gasteiger partial charge in [-0.05, 0) is 58.9 Å². The van der Waals surface area contributed by atoms with Crippen molar-refractivity contribution in [2.24, 2.45) is 5.92 Å². The molecule has 8 rings (SSSR count). The van der Waals surface area contributed by atoms with Crippen molar-refractivity contribution in [2.45, 2.75) is 11.8 Å². The highest BCUT2D eigenvalue weighted by Crippen LogP contribution is 2.62. The second-order valence-electron chi connectivity index (χ2n) is 10.4. The summed E-state index contributed by atoms with van der Waals surface area (Å²) in [6, 6.07) is 39.8. The molecule has 0 spiro atoms. The second-order valence-corrected chi connectivity index (χ2v) is 10.4. The van der Waals surface area contributed by atoms with Gasteiger partial charge in [-0.2, -0.15) is 0 Å². The Kier molecular flexibility index (Phi) is 4.66. The minimum atomic E-state index is -0.576. The molecule has 184 valence electrons. The minimum Gasteiger partial charge on any atom is -0.507 e. The molecule has 1 N–H and O–H groups in total. The van der Waals surface area contributed by atoms with Crippen molar-refractivity contribution in [3.8, 4) is 28.0 Å². The summed E-state index contributed by atoms with van der Waals surface area (Å²) >= 11 is 0. The predicted octanol–water partition coefficient (Wildman–Crippen LogP) is 9.01. The van der Waals surface area contributed by atoms with Gasteiger partial charge in [-0.1, -0.05) is 109 Å². The molecule has 0 radical (unpaired) electrons. The summed E-state index contributed by atoms with van der Waals surface area (Å²) in [6.45, 7) is 0. The van der Waals surface area contributed by atoms with Gasteiger partial charge >= 0.3 is 0 Å². The fourth-order valence-corrected chi connectivity index (χ4v) is 6.99. The topological polar surface area (TPSA) is 33.4 Å². The van der Waals surface area contributed by atoms with Crippen LogP contribution in [0.2, 0.25) is 0 Å². The lowest BCUT2D eigenvalue weighted by atomic mass is 9.61. The Labute approximate surface area is 227 Å². The van der Waals surface area contributed by atoms with Crippen LogP contribution in [0.1, 0.15) is 23.1 Å². The molecule has 5 aromatic carbocycles. The number of phenols is 1. The molecule has 0 amide bonds. The summed E-state index contributed by atoms with van der Waals surface area (Å²) in [6.07, 6.45) is 9.68. The standard InChI is InChI=1S/C37H24O2/c38-32-23-22-27(29-19-11-18-28-26-16-8-10-21-33(26)39-36(28)29)35-34(32)30-17-7-9-20-31(30)37(35,24-12-3-1-4-13-24)25-14-5-2-6-15-25/h1-5,7-12,14,16-24,38H,13H2. The first kappa shape index (κ1) is 22.0. The van der Waals surface area contributed by atoms with Crippen LogP contribution in [0.4, 0.5) is 0 Å². The maximum Gasteiger partial charge on any atom is 0.143 e. The van der Waals surface area contributed by atoms with Crippen molar-refractivity contribution in [3.05, 3.63) is 150 Å². The molecule has 0 saturated carbocycles. The van der Waals surface area contributed by atoms with Crippen LogP contribution >= 0.6 is 0 Å². The zero-order chi connectivity index (χ0) is 26.0. The summed E-state index contributed by atoms with van der Waals surface area (Å²) in [4.78, 5) is 0. The maximum absolute atomic E-state index is 11.5. The molecule has 39 heavy (non-hydrogen) atoms. The van der Waals surface area contributed by atoms with Gasteiger partial charge in [-0.15, -0.1) is 0 Å². The van der Waals surface area contributed by atoms with Gasteiger partial charge in [-0.3, -0.25) is 0 Å². The van der Waals surface area contributed by atoms with E-state index in [0.29, 0.717) is 0 Å². The molecule has 2 aliphatic rings. The van der Waals surface area contributed by atoms with E-state index >= 15 is 0 Å². The normalized spacial score (nSPS) is 19.2. The van der Waals surface area contributed by atoms with Crippen molar-refractivity contribution in [2.75, 3.05) is 0 Å². The zero-order valence-electron chi connectivity index (χ0n) is 21.2. The van der Waals surface area contributed by atoms with E-state index < -0.39 is 5.41 Å². The number of benzene rings is 4. The van der Waals surface area contributed by atoms with E-state index in [-0.39, 0.29) is 11.7 Å². The predicted molar refractivity (Wildman–Crippen MR) is 157 cm³/mol. The van der Waals surface area contributed by atoms with E-state index in [9.17, 15) is 5.11 Å². The Hall–Kier alpha value is -5.00. The summed E-state index contributed by atoms with van der Waals surface area (Å²) in [5.74, 6) is 0.405. The van der Waals surface area contributed by atoms with Crippen LogP contribution in [0.15, 0.2) is 126 Å². The highest BCUT2D eigenvalue weighted by molar-refractivity contribution is 6.10. The molecule has 0 bridgehead atoms. The van der Waals surface area contributed by atoms with E-state index in [1.165, 1.54) is 5.56 Å². The fraction of sp³-hybridized carbons (Fsp3) is 0.0811. The number of aromatic hydroxyl groups is 1. The number of hydrogen-bond acceptors (Lipinski definition) is 2. The first-order valence-corrected chi connectivity index (χ1v) is 13.4. The van der Waals surface area contributed by atoms with Gasteiger partial charge in [0.2, 0.25) is 0 Å². The molecular weight excluding hydrogens is 476 g/mol. The number of allylic oxidation sites excluding steroid dienone is 4. The molecular formula is C37H24O2. The van der Waals surface area contributed by atoms with Crippen molar-refractivity contribution in [3.63, 3.8) is 0 Å². The van der Waals surface area contributed by atoms with Gasteiger partial charge < -0.3 is 9.52 Å².